The summed E-state index contributed by atoms with van der Waals surface area (Å²) in [6.07, 6.45) is 2.87. The fourth-order valence-electron chi connectivity index (χ4n) is 0.939. The highest BCUT2D eigenvalue weighted by molar-refractivity contribution is 7.99. The Morgan fingerprint density at radius 2 is 2.33 bits per heavy atom. The molecule has 0 aromatic carbocycles. The molecule has 78 valence electrons. The van der Waals surface area contributed by atoms with Gasteiger partial charge in [0.1, 0.15) is 11.3 Å². The fraction of sp³-hybridized carbons (Fsp3) is 0.111. The van der Waals surface area contributed by atoms with Crippen LogP contribution in [0, 0.1) is 12.7 Å². The van der Waals surface area contributed by atoms with Crippen LogP contribution in [0.5, 0.6) is 0 Å². The molecule has 3 nitrogen and oxygen atoms in total. The number of aryl methyl sites for hydroxylation is 1. The molecule has 2 heterocycles. The maximum atomic E-state index is 13.3. The Bertz CT molecular complexity index is 489. The van der Waals surface area contributed by atoms with Crippen LogP contribution < -0.4 is 0 Å². The summed E-state index contributed by atoms with van der Waals surface area (Å²) in [5.74, 6) is -0.483. The van der Waals surface area contributed by atoms with E-state index in [1.165, 1.54) is 18.5 Å². The van der Waals surface area contributed by atoms with E-state index in [1.807, 2.05) is 0 Å². The van der Waals surface area contributed by atoms with E-state index in [9.17, 15) is 4.39 Å². The molecule has 0 bridgehead atoms. The second-order valence-corrected chi connectivity index (χ2v) is 4.17. The van der Waals surface area contributed by atoms with E-state index >= 15 is 0 Å². The van der Waals surface area contributed by atoms with Crippen LogP contribution in [-0.4, -0.2) is 9.97 Å². The Balaban J connectivity index is 2.24. The highest BCUT2D eigenvalue weighted by atomic mass is 35.5. The standard InChI is InChI=1S/C9H6ClFN2OS/c1-5-4-14-9(13-5)15-8-7(11)2-6(10)3-12-8/h2-4H,1H3. The van der Waals surface area contributed by atoms with Gasteiger partial charge in [0.25, 0.3) is 5.22 Å². The van der Waals surface area contributed by atoms with Crippen molar-refractivity contribution >= 4 is 23.4 Å². The van der Waals surface area contributed by atoms with E-state index in [4.69, 9.17) is 16.0 Å². The topological polar surface area (TPSA) is 38.9 Å². The lowest BCUT2D eigenvalue weighted by molar-refractivity contribution is 0.452. The average Bonchev–Trinajstić information content (AvgIpc) is 2.56. The fourth-order valence-corrected chi connectivity index (χ4v) is 1.80. The van der Waals surface area contributed by atoms with Gasteiger partial charge in [0.2, 0.25) is 0 Å². The first-order valence-corrected chi connectivity index (χ1v) is 5.25. The number of hydrogen-bond acceptors (Lipinski definition) is 4. The van der Waals surface area contributed by atoms with Crippen molar-refractivity contribution in [2.75, 3.05) is 0 Å². The van der Waals surface area contributed by atoms with Gasteiger partial charge in [-0.15, -0.1) is 0 Å². The van der Waals surface area contributed by atoms with Gasteiger partial charge in [-0.05, 0) is 24.8 Å². The van der Waals surface area contributed by atoms with Gasteiger partial charge in [0.15, 0.2) is 5.82 Å². The summed E-state index contributed by atoms with van der Waals surface area (Å²) in [5, 5.41) is 0.822. The van der Waals surface area contributed by atoms with Crippen LogP contribution in [0.4, 0.5) is 4.39 Å². The van der Waals surface area contributed by atoms with Crippen molar-refractivity contribution < 1.29 is 8.81 Å². The molecule has 0 saturated heterocycles. The SMILES string of the molecule is Cc1coc(Sc2ncc(Cl)cc2F)n1. The Kier molecular flexibility index (Phi) is 2.93. The lowest BCUT2D eigenvalue weighted by Gasteiger charge is -1.97. The summed E-state index contributed by atoms with van der Waals surface area (Å²) in [5.41, 5.74) is 0.742. The number of pyridine rings is 1. The van der Waals surface area contributed by atoms with Crippen LogP contribution >= 0.6 is 23.4 Å². The first kappa shape index (κ1) is 10.4. The molecule has 0 amide bonds. The molecule has 0 radical (unpaired) electrons. The third kappa shape index (κ3) is 2.49. The molecule has 0 aliphatic heterocycles. The molecule has 0 atom stereocenters. The summed E-state index contributed by atoms with van der Waals surface area (Å²) >= 11 is 6.59. The second kappa shape index (κ2) is 4.20. The van der Waals surface area contributed by atoms with Gasteiger partial charge in [-0.2, -0.15) is 0 Å². The van der Waals surface area contributed by atoms with Gasteiger partial charge in [-0.25, -0.2) is 14.4 Å². The van der Waals surface area contributed by atoms with Gasteiger partial charge < -0.3 is 4.42 Å². The Morgan fingerprint density at radius 3 is 2.93 bits per heavy atom. The third-order valence-corrected chi connectivity index (χ3v) is 2.62. The molecule has 2 aromatic heterocycles. The summed E-state index contributed by atoms with van der Waals surface area (Å²) in [4.78, 5) is 7.86. The second-order valence-electron chi connectivity index (χ2n) is 2.80. The van der Waals surface area contributed by atoms with Crippen molar-refractivity contribution in [1.82, 2.24) is 9.97 Å². The minimum Gasteiger partial charge on any atom is -0.439 e. The summed E-state index contributed by atoms with van der Waals surface area (Å²) < 4.78 is 18.4. The van der Waals surface area contributed by atoms with Gasteiger partial charge in [-0.3, -0.25) is 0 Å². The van der Waals surface area contributed by atoms with Crippen molar-refractivity contribution in [3.05, 3.63) is 35.1 Å². The van der Waals surface area contributed by atoms with E-state index in [0.717, 1.165) is 17.5 Å². The molecule has 15 heavy (non-hydrogen) atoms. The number of rotatable bonds is 2. The van der Waals surface area contributed by atoms with E-state index in [-0.39, 0.29) is 10.0 Å². The quantitative estimate of drug-likeness (QED) is 0.812. The summed E-state index contributed by atoms with van der Waals surface area (Å²) in [6, 6.07) is 1.20. The molecule has 0 fully saturated rings. The Hall–Kier alpha value is -1.07. The number of hydrogen-bond donors (Lipinski definition) is 0. The molecule has 0 spiro atoms. The molecule has 0 N–H and O–H groups in total. The zero-order valence-electron chi connectivity index (χ0n) is 7.70. The van der Waals surface area contributed by atoms with Crippen molar-refractivity contribution in [3.63, 3.8) is 0 Å². The predicted octanol–water partition coefficient (Wildman–Crippen LogP) is 3.32. The molecule has 0 saturated carbocycles. The molecule has 2 rings (SSSR count). The summed E-state index contributed by atoms with van der Waals surface area (Å²) in [6.45, 7) is 1.79. The van der Waals surface area contributed by atoms with E-state index in [0.29, 0.717) is 5.22 Å². The first-order valence-electron chi connectivity index (χ1n) is 4.06. The third-order valence-electron chi connectivity index (χ3n) is 1.56. The van der Waals surface area contributed by atoms with Crippen LogP contribution in [-0.2, 0) is 0 Å². The van der Waals surface area contributed by atoms with Crippen molar-refractivity contribution in [2.24, 2.45) is 0 Å². The van der Waals surface area contributed by atoms with Crippen LogP contribution in [0.3, 0.4) is 0 Å². The molecule has 0 aliphatic carbocycles. The maximum absolute atomic E-state index is 13.3. The van der Waals surface area contributed by atoms with E-state index in [1.54, 1.807) is 6.92 Å². The van der Waals surface area contributed by atoms with Gasteiger partial charge in [-0.1, -0.05) is 11.6 Å². The highest BCUT2D eigenvalue weighted by Gasteiger charge is 2.10. The van der Waals surface area contributed by atoms with Gasteiger partial charge >= 0.3 is 0 Å². The van der Waals surface area contributed by atoms with Gasteiger partial charge in [0.05, 0.1) is 10.7 Å². The van der Waals surface area contributed by atoms with E-state index in [2.05, 4.69) is 9.97 Å². The summed E-state index contributed by atoms with van der Waals surface area (Å²) in [7, 11) is 0. The Morgan fingerprint density at radius 1 is 1.53 bits per heavy atom. The average molecular weight is 245 g/mol. The molecule has 6 heteroatoms. The highest BCUT2D eigenvalue weighted by Crippen LogP contribution is 2.28. The molecule has 0 aliphatic rings. The van der Waals surface area contributed by atoms with Crippen LogP contribution in [0.15, 0.2) is 33.2 Å². The molecular formula is C9H6ClFN2OS. The smallest absolute Gasteiger partial charge is 0.262 e. The Labute approximate surface area is 94.7 Å². The lowest BCUT2D eigenvalue weighted by Crippen LogP contribution is -1.86. The van der Waals surface area contributed by atoms with Crippen LogP contribution in [0.2, 0.25) is 5.02 Å². The largest absolute Gasteiger partial charge is 0.439 e. The lowest BCUT2D eigenvalue weighted by atomic mass is 10.5. The van der Waals surface area contributed by atoms with Gasteiger partial charge in [0, 0.05) is 6.20 Å². The maximum Gasteiger partial charge on any atom is 0.262 e. The van der Waals surface area contributed by atoms with Crippen LogP contribution in [0.25, 0.3) is 0 Å². The van der Waals surface area contributed by atoms with Crippen molar-refractivity contribution in [3.8, 4) is 0 Å². The zero-order valence-corrected chi connectivity index (χ0v) is 9.27. The minimum absolute atomic E-state index is 0.196. The number of halogens is 2. The molecular weight excluding hydrogens is 239 g/mol. The van der Waals surface area contributed by atoms with Crippen LogP contribution in [0.1, 0.15) is 5.69 Å². The number of oxazole rings is 1. The number of aromatic nitrogens is 2. The predicted molar refractivity (Wildman–Crippen MR) is 54.6 cm³/mol. The molecule has 0 unspecified atom stereocenters. The van der Waals surface area contributed by atoms with E-state index < -0.39 is 5.82 Å². The zero-order chi connectivity index (χ0) is 10.8. The number of nitrogens with zero attached hydrogens (tertiary/aromatic N) is 2. The normalized spacial score (nSPS) is 10.6. The van der Waals surface area contributed by atoms with Crippen molar-refractivity contribution in [2.45, 2.75) is 17.2 Å². The first-order chi connectivity index (χ1) is 7.15. The van der Waals surface area contributed by atoms with Crippen molar-refractivity contribution in [1.29, 1.82) is 0 Å². The monoisotopic (exact) mass is 244 g/mol. The molecule has 2 aromatic rings. The minimum atomic E-state index is -0.483.